The summed E-state index contributed by atoms with van der Waals surface area (Å²) in [5.74, 6) is 2.04. The number of alkyl halides is 1. The van der Waals surface area contributed by atoms with Gasteiger partial charge in [-0.2, -0.15) is 0 Å². The Morgan fingerprint density at radius 3 is 2.70 bits per heavy atom. The lowest BCUT2D eigenvalue weighted by atomic mass is 10.1. The highest BCUT2D eigenvalue weighted by atomic mass is 35.5. The van der Waals surface area contributed by atoms with Gasteiger partial charge < -0.3 is 14.8 Å². The first-order chi connectivity index (χ1) is 9.28. The zero-order chi connectivity index (χ0) is 13.7. The Labute approximate surface area is 129 Å². The molecule has 0 unspecified atom stereocenters. The number of rotatable bonds is 6. The first-order valence-electron chi connectivity index (χ1n) is 6.05. The fourth-order valence-electron chi connectivity index (χ4n) is 1.85. The fourth-order valence-corrected chi connectivity index (χ4v) is 2.06. The number of methoxy groups -OCH3 is 2. The molecule has 1 aromatic heterocycles. The van der Waals surface area contributed by atoms with E-state index in [-0.39, 0.29) is 12.4 Å². The number of nitrogens with zero attached hydrogens (tertiary/aromatic N) is 1. The van der Waals surface area contributed by atoms with E-state index in [1.165, 1.54) is 0 Å². The van der Waals surface area contributed by atoms with Crippen LogP contribution in [-0.2, 0) is 10.6 Å². The van der Waals surface area contributed by atoms with Gasteiger partial charge in [-0.05, 0) is 24.3 Å². The van der Waals surface area contributed by atoms with Gasteiger partial charge in [0.25, 0.3) is 0 Å². The third-order valence-electron chi connectivity index (χ3n) is 2.84. The average molecular weight is 317 g/mol. The maximum Gasteiger partial charge on any atom is 0.131 e. The Morgan fingerprint density at radius 2 is 2.05 bits per heavy atom. The molecule has 110 valence electrons. The summed E-state index contributed by atoms with van der Waals surface area (Å²) < 4.78 is 10.2. The summed E-state index contributed by atoms with van der Waals surface area (Å²) in [7, 11) is 3.32. The lowest BCUT2D eigenvalue weighted by Crippen LogP contribution is -2.10. The van der Waals surface area contributed by atoms with Crippen molar-refractivity contribution in [2.24, 2.45) is 0 Å². The maximum absolute atomic E-state index is 5.98. The molecular formula is C14H18Cl2N2O2. The Balaban J connectivity index is 0.00000200. The average Bonchev–Trinajstić information content (AvgIpc) is 2.46. The van der Waals surface area contributed by atoms with Crippen molar-refractivity contribution in [2.75, 3.05) is 32.7 Å². The minimum absolute atomic E-state index is 0. The first kappa shape index (κ1) is 16.8. The highest BCUT2D eigenvalue weighted by Gasteiger charge is 2.06. The largest absolute Gasteiger partial charge is 0.497 e. The highest BCUT2D eigenvalue weighted by molar-refractivity contribution is 6.17. The first-order valence-corrected chi connectivity index (χ1v) is 6.58. The van der Waals surface area contributed by atoms with Gasteiger partial charge in [-0.1, -0.05) is 0 Å². The summed E-state index contributed by atoms with van der Waals surface area (Å²) in [6, 6.07) is 7.83. The van der Waals surface area contributed by atoms with Gasteiger partial charge >= 0.3 is 0 Å². The molecule has 1 aromatic carbocycles. The standard InChI is InChI=1S/C14H17ClN2O2.ClH/c1-18-6-5-16-14-11(9-15)7-10-8-12(19-2)3-4-13(10)17-14;/h3-4,7-8H,5-6,9H2,1-2H3,(H,16,17);1H. The molecule has 1 N–H and O–H groups in total. The van der Waals surface area contributed by atoms with E-state index in [4.69, 9.17) is 21.1 Å². The van der Waals surface area contributed by atoms with E-state index in [0.29, 0.717) is 19.0 Å². The normalized spacial score (nSPS) is 10.2. The zero-order valence-corrected chi connectivity index (χ0v) is 13.1. The van der Waals surface area contributed by atoms with E-state index >= 15 is 0 Å². The molecule has 2 aromatic rings. The number of fused-ring (bicyclic) bond motifs is 1. The second-order valence-corrected chi connectivity index (χ2v) is 4.38. The smallest absolute Gasteiger partial charge is 0.131 e. The molecule has 4 nitrogen and oxygen atoms in total. The molecule has 1 heterocycles. The molecule has 0 bridgehead atoms. The highest BCUT2D eigenvalue weighted by Crippen LogP contribution is 2.25. The van der Waals surface area contributed by atoms with Crippen LogP contribution in [0.15, 0.2) is 24.3 Å². The molecule has 20 heavy (non-hydrogen) atoms. The molecule has 0 aliphatic rings. The van der Waals surface area contributed by atoms with Crippen LogP contribution in [0.25, 0.3) is 10.9 Å². The van der Waals surface area contributed by atoms with Crippen molar-refractivity contribution in [1.82, 2.24) is 4.98 Å². The van der Waals surface area contributed by atoms with Crippen LogP contribution >= 0.6 is 24.0 Å². The van der Waals surface area contributed by atoms with Gasteiger partial charge in [-0.15, -0.1) is 24.0 Å². The summed E-state index contributed by atoms with van der Waals surface area (Å²) in [5.41, 5.74) is 1.88. The molecule has 0 radical (unpaired) electrons. The maximum atomic E-state index is 5.98. The lowest BCUT2D eigenvalue weighted by molar-refractivity contribution is 0.210. The minimum atomic E-state index is 0. The van der Waals surface area contributed by atoms with Crippen molar-refractivity contribution in [2.45, 2.75) is 5.88 Å². The van der Waals surface area contributed by atoms with Crippen LogP contribution in [0.5, 0.6) is 5.75 Å². The van der Waals surface area contributed by atoms with Crippen LogP contribution in [0.1, 0.15) is 5.56 Å². The quantitative estimate of drug-likeness (QED) is 0.654. The van der Waals surface area contributed by atoms with Crippen molar-refractivity contribution in [3.05, 3.63) is 29.8 Å². The van der Waals surface area contributed by atoms with Crippen molar-refractivity contribution >= 4 is 40.7 Å². The Morgan fingerprint density at radius 1 is 1.25 bits per heavy atom. The second-order valence-electron chi connectivity index (χ2n) is 4.11. The third kappa shape index (κ3) is 3.88. The Bertz CT molecular complexity index is 564. The van der Waals surface area contributed by atoms with Crippen LogP contribution < -0.4 is 10.1 Å². The van der Waals surface area contributed by atoms with Gasteiger partial charge in [0.15, 0.2) is 0 Å². The molecule has 0 fully saturated rings. The van der Waals surface area contributed by atoms with E-state index in [2.05, 4.69) is 10.3 Å². The number of aromatic nitrogens is 1. The molecular weight excluding hydrogens is 299 g/mol. The number of pyridine rings is 1. The van der Waals surface area contributed by atoms with Crippen LogP contribution in [0, 0.1) is 0 Å². The van der Waals surface area contributed by atoms with Gasteiger partial charge in [0.1, 0.15) is 11.6 Å². The third-order valence-corrected chi connectivity index (χ3v) is 3.13. The molecule has 0 saturated carbocycles. The SMILES string of the molecule is COCCNc1nc2ccc(OC)cc2cc1CCl.Cl. The van der Waals surface area contributed by atoms with Crippen LogP contribution in [0.3, 0.4) is 0 Å². The van der Waals surface area contributed by atoms with Gasteiger partial charge in [0.05, 0.1) is 25.1 Å². The number of ether oxygens (including phenoxy) is 2. The molecule has 0 spiro atoms. The van der Waals surface area contributed by atoms with Gasteiger partial charge in [-0.3, -0.25) is 0 Å². The molecule has 2 rings (SSSR count). The van der Waals surface area contributed by atoms with E-state index < -0.39 is 0 Å². The summed E-state index contributed by atoms with van der Waals surface area (Å²) in [6.45, 7) is 1.33. The predicted molar refractivity (Wildman–Crippen MR) is 85.5 cm³/mol. The van der Waals surface area contributed by atoms with E-state index in [0.717, 1.165) is 28.0 Å². The number of nitrogens with one attached hydrogen (secondary N) is 1. The van der Waals surface area contributed by atoms with Crippen LogP contribution in [0.4, 0.5) is 5.82 Å². The van der Waals surface area contributed by atoms with Crippen molar-refractivity contribution in [3.63, 3.8) is 0 Å². The van der Waals surface area contributed by atoms with Crippen molar-refractivity contribution in [3.8, 4) is 5.75 Å². The number of hydrogen-bond donors (Lipinski definition) is 1. The van der Waals surface area contributed by atoms with Gasteiger partial charge in [-0.25, -0.2) is 4.98 Å². The summed E-state index contributed by atoms with van der Waals surface area (Å²) >= 11 is 5.98. The van der Waals surface area contributed by atoms with Gasteiger partial charge in [0.2, 0.25) is 0 Å². The van der Waals surface area contributed by atoms with E-state index in [1.807, 2.05) is 24.3 Å². The Hall–Kier alpha value is -1.23. The molecule has 0 aliphatic carbocycles. The topological polar surface area (TPSA) is 43.4 Å². The molecule has 0 amide bonds. The molecule has 6 heteroatoms. The fraction of sp³-hybridized carbons (Fsp3) is 0.357. The van der Waals surface area contributed by atoms with Crippen LogP contribution in [-0.4, -0.2) is 32.4 Å². The number of halogens is 2. The zero-order valence-electron chi connectivity index (χ0n) is 11.5. The number of anilines is 1. The number of hydrogen-bond acceptors (Lipinski definition) is 4. The lowest BCUT2D eigenvalue weighted by Gasteiger charge is -2.11. The van der Waals surface area contributed by atoms with E-state index in [9.17, 15) is 0 Å². The van der Waals surface area contributed by atoms with Crippen molar-refractivity contribution < 1.29 is 9.47 Å². The Kier molecular flexibility index (Phi) is 6.85. The van der Waals surface area contributed by atoms with Gasteiger partial charge in [0, 0.05) is 24.6 Å². The number of benzene rings is 1. The second kappa shape index (κ2) is 8.15. The minimum Gasteiger partial charge on any atom is -0.497 e. The van der Waals surface area contributed by atoms with E-state index in [1.54, 1.807) is 14.2 Å². The van der Waals surface area contributed by atoms with Crippen molar-refractivity contribution in [1.29, 1.82) is 0 Å². The monoisotopic (exact) mass is 316 g/mol. The predicted octanol–water partition coefficient (Wildman–Crippen LogP) is 3.46. The summed E-state index contributed by atoms with van der Waals surface area (Å²) in [6.07, 6.45) is 0. The molecule has 0 aliphatic heterocycles. The van der Waals surface area contributed by atoms with Crippen LogP contribution in [0.2, 0.25) is 0 Å². The summed E-state index contributed by atoms with van der Waals surface area (Å²) in [5, 5.41) is 4.25. The summed E-state index contributed by atoms with van der Waals surface area (Å²) in [4.78, 5) is 4.59. The molecule has 0 atom stereocenters. The molecule has 0 saturated heterocycles.